The summed E-state index contributed by atoms with van der Waals surface area (Å²) in [4.78, 5) is 13.8. The van der Waals surface area contributed by atoms with Crippen LogP contribution in [-0.2, 0) is 14.8 Å². The number of likely N-dealkylation sites (tertiary alicyclic amines) is 1. The highest BCUT2D eigenvalue weighted by atomic mass is 32.2. The van der Waals surface area contributed by atoms with Gasteiger partial charge in [-0.25, -0.2) is 17.5 Å². The molecule has 2 fully saturated rings. The van der Waals surface area contributed by atoms with Gasteiger partial charge in [-0.3, -0.25) is 4.79 Å². The Morgan fingerprint density at radius 2 is 2.04 bits per heavy atom. The molecule has 7 nitrogen and oxygen atoms in total. The largest absolute Gasteiger partial charge is 0.323 e. The molecule has 2 N–H and O–H groups in total. The molecule has 1 heterocycles. The SMILES string of the molecule is CC1(C)[C@H](CNS(C)(=O)=O)CC[C@]1(C)NCC(=O)N1C[C@@H](F)C[C@H]1C#N. The summed E-state index contributed by atoms with van der Waals surface area (Å²) in [5, 5.41) is 12.4. The molecular formula is C17H29FN4O3S. The second-order valence-corrected chi connectivity index (χ2v) is 10.1. The molecule has 1 aliphatic heterocycles. The van der Waals surface area contributed by atoms with Gasteiger partial charge in [-0.1, -0.05) is 13.8 Å². The fourth-order valence-electron chi connectivity index (χ4n) is 4.08. The van der Waals surface area contributed by atoms with Crippen molar-refractivity contribution in [1.82, 2.24) is 14.9 Å². The Balaban J connectivity index is 1.98. The number of hydrogen-bond acceptors (Lipinski definition) is 5. The van der Waals surface area contributed by atoms with Crippen molar-refractivity contribution in [2.75, 3.05) is 25.9 Å². The number of sulfonamides is 1. The first-order valence-corrected chi connectivity index (χ1v) is 10.8. The van der Waals surface area contributed by atoms with E-state index in [4.69, 9.17) is 5.26 Å². The van der Waals surface area contributed by atoms with E-state index in [1.807, 2.05) is 13.0 Å². The maximum Gasteiger partial charge on any atom is 0.237 e. The molecule has 0 radical (unpaired) electrons. The van der Waals surface area contributed by atoms with Gasteiger partial charge in [0.05, 0.1) is 25.4 Å². The van der Waals surface area contributed by atoms with E-state index in [9.17, 15) is 17.6 Å². The van der Waals surface area contributed by atoms with Gasteiger partial charge in [-0.2, -0.15) is 5.26 Å². The Morgan fingerprint density at radius 1 is 1.38 bits per heavy atom. The van der Waals surface area contributed by atoms with E-state index in [1.54, 1.807) is 0 Å². The molecule has 2 aliphatic rings. The van der Waals surface area contributed by atoms with E-state index < -0.39 is 22.2 Å². The predicted octanol–water partition coefficient (Wildman–Crippen LogP) is 0.783. The zero-order valence-electron chi connectivity index (χ0n) is 15.9. The van der Waals surface area contributed by atoms with Crippen molar-refractivity contribution in [2.24, 2.45) is 11.3 Å². The zero-order chi connectivity index (χ0) is 19.8. The van der Waals surface area contributed by atoms with Gasteiger partial charge >= 0.3 is 0 Å². The third-order valence-electron chi connectivity index (χ3n) is 6.38. The quantitative estimate of drug-likeness (QED) is 0.700. The highest BCUT2D eigenvalue weighted by Gasteiger charge is 2.51. The molecule has 148 valence electrons. The zero-order valence-corrected chi connectivity index (χ0v) is 16.7. The second kappa shape index (κ2) is 7.41. The third kappa shape index (κ3) is 4.35. The average Bonchev–Trinajstić information content (AvgIpc) is 3.01. The number of carbonyl (C=O) groups excluding carboxylic acids is 1. The molecule has 0 aromatic rings. The number of rotatable bonds is 6. The Bertz CT molecular complexity index is 691. The monoisotopic (exact) mass is 388 g/mol. The molecule has 2 rings (SSSR count). The number of amides is 1. The summed E-state index contributed by atoms with van der Waals surface area (Å²) < 4.78 is 38.8. The highest BCUT2D eigenvalue weighted by molar-refractivity contribution is 7.88. The summed E-state index contributed by atoms with van der Waals surface area (Å²) in [5.74, 6) is -0.134. The molecule has 1 aliphatic carbocycles. The summed E-state index contributed by atoms with van der Waals surface area (Å²) in [6.07, 6.45) is 1.71. The number of nitrogens with zero attached hydrogens (tertiary/aromatic N) is 2. The van der Waals surface area contributed by atoms with Gasteiger partial charge in [0.25, 0.3) is 0 Å². The van der Waals surface area contributed by atoms with Gasteiger partial charge in [0, 0.05) is 18.5 Å². The van der Waals surface area contributed by atoms with Crippen molar-refractivity contribution >= 4 is 15.9 Å². The van der Waals surface area contributed by atoms with Crippen molar-refractivity contribution in [2.45, 2.75) is 57.8 Å². The molecule has 0 bridgehead atoms. The molecule has 0 aromatic carbocycles. The van der Waals surface area contributed by atoms with Crippen molar-refractivity contribution in [3.05, 3.63) is 0 Å². The molecule has 0 spiro atoms. The molecule has 4 atom stereocenters. The lowest BCUT2D eigenvalue weighted by Crippen LogP contribution is -2.56. The number of halogens is 1. The van der Waals surface area contributed by atoms with Crippen LogP contribution >= 0.6 is 0 Å². The van der Waals surface area contributed by atoms with Crippen LogP contribution in [0.2, 0.25) is 0 Å². The normalized spacial score (nSPS) is 34.0. The van der Waals surface area contributed by atoms with Gasteiger partial charge in [0.15, 0.2) is 0 Å². The lowest BCUT2D eigenvalue weighted by Gasteiger charge is -2.43. The van der Waals surface area contributed by atoms with E-state index in [0.717, 1.165) is 19.1 Å². The predicted molar refractivity (Wildman–Crippen MR) is 96.4 cm³/mol. The molecular weight excluding hydrogens is 359 g/mol. The van der Waals surface area contributed by atoms with Crippen molar-refractivity contribution in [1.29, 1.82) is 5.26 Å². The number of nitriles is 1. The number of alkyl halides is 1. The van der Waals surface area contributed by atoms with Crippen LogP contribution in [0.5, 0.6) is 0 Å². The summed E-state index contributed by atoms with van der Waals surface area (Å²) in [5.41, 5.74) is -0.600. The maximum atomic E-state index is 13.5. The summed E-state index contributed by atoms with van der Waals surface area (Å²) in [6, 6.07) is 1.29. The van der Waals surface area contributed by atoms with E-state index in [2.05, 4.69) is 23.9 Å². The number of hydrogen-bond donors (Lipinski definition) is 2. The minimum Gasteiger partial charge on any atom is -0.323 e. The van der Waals surface area contributed by atoms with Gasteiger partial charge in [0.2, 0.25) is 15.9 Å². The summed E-state index contributed by atoms with van der Waals surface area (Å²) in [7, 11) is -3.25. The van der Waals surface area contributed by atoms with Crippen LogP contribution in [-0.4, -0.2) is 62.9 Å². The Hall–Kier alpha value is -1.24. The number of nitrogens with one attached hydrogen (secondary N) is 2. The van der Waals surface area contributed by atoms with Gasteiger partial charge in [-0.15, -0.1) is 0 Å². The third-order valence-corrected chi connectivity index (χ3v) is 7.07. The molecule has 26 heavy (non-hydrogen) atoms. The van der Waals surface area contributed by atoms with Crippen LogP contribution in [0.3, 0.4) is 0 Å². The van der Waals surface area contributed by atoms with E-state index in [-0.39, 0.29) is 42.3 Å². The standard InChI is InChI=1S/C17H29FN4O3S/c1-16(2)12(9-21-26(4,24)25)5-6-17(16,3)20-10-15(23)22-11-13(18)7-14(22)8-19/h12-14,20-21H,5-7,9-11H2,1-4H3/t12-,13-,14-,17-/m0/s1. The van der Waals surface area contributed by atoms with Gasteiger partial charge in [-0.05, 0) is 31.1 Å². The van der Waals surface area contributed by atoms with Crippen LogP contribution in [0.25, 0.3) is 0 Å². The summed E-state index contributed by atoms with van der Waals surface area (Å²) >= 11 is 0. The lowest BCUT2D eigenvalue weighted by molar-refractivity contribution is -0.131. The lowest BCUT2D eigenvalue weighted by atomic mass is 9.71. The molecule has 1 saturated heterocycles. The topological polar surface area (TPSA) is 102 Å². The van der Waals surface area contributed by atoms with Crippen molar-refractivity contribution in [3.8, 4) is 6.07 Å². The molecule has 9 heteroatoms. The fourth-order valence-corrected chi connectivity index (χ4v) is 4.58. The highest BCUT2D eigenvalue weighted by Crippen LogP contribution is 2.49. The maximum absolute atomic E-state index is 13.5. The van der Waals surface area contributed by atoms with E-state index >= 15 is 0 Å². The van der Waals surface area contributed by atoms with Crippen LogP contribution in [0, 0.1) is 22.7 Å². The first kappa shape index (κ1) is 21.1. The van der Waals surface area contributed by atoms with Crippen LogP contribution < -0.4 is 10.0 Å². The number of carbonyl (C=O) groups is 1. The smallest absolute Gasteiger partial charge is 0.237 e. The Labute approximate surface area is 155 Å². The van der Waals surface area contributed by atoms with Crippen molar-refractivity contribution in [3.63, 3.8) is 0 Å². The molecule has 1 amide bonds. The van der Waals surface area contributed by atoms with Crippen molar-refractivity contribution < 1.29 is 17.6 Å². The van der Waals surface area contributed by atoms with Gasteiger partial charge < -0.3 is 10.2 Å². The average molecular weight is 389 g/mol. The molecule has 0 aromatic heterocycles. The second-order valence-electron chi connectivity index (χ2n) is 8.29. The first-order valence-electron chi connectivity index (χ1n) is 8.92. The van der Waals surface area contributed by atoms with Crippen LogP contribution in [0.4, 0.5) is 4.39 Å². The van der Waals surface area contributed by atoms with E-state index in [0.29, 0.717) is 6.54 Å². The minimum absolute atomic E-state index is 0.0280. The molecule has 1 saturated carbocycles. The molecule has 0 unspecified atom stereocenters. The Kier molecular flexibility index (Phi) is 6.00. The van der Waals surface area contributed by atoms with Crippen LogP contribution in [0.15, 0.2) is 0 Å². The van der Waals surface area contributed by atoms with E-state index in [1.165, 1.54) is 4.90 Å². The minimum atomic E-state index is -3.25. The fraction of sp³-hybridized carbons (Fsp3) is 0.882. The first-order chi connectivity index (χ1) is 11.9. The Morgan fingerprint density at radius 3 is 2.62 bits per heavy atom. The van der Waals surface area contributed by atoms with Gasteiger partial charge in [0.1, 0.15) is 12.2 Å². The van der Waals surface area contributed by atoms with Crippen LogP contribution in [0.1, 0.15) is 40.0 Å². The summed E-state index contributed by atoms with van der Waals surface area (Å²) in [6.45, 7) is 6.54.